The van der Waals surface area contributed by atoms with Crippen LogP contribution in [-0.4, -0.2) is 23.9 Å². The number of thiophene rings is 1. The predicted molar refractivity (Wildman–Crippen MR) is 108 cm³/mol. The summed E-state index contributed by atoms with van der Waals surface area (Å²) in [5.74, 6) is -0.647. The number of nitrogens with one attached hydrogen (secondary N) is 2. The molecule has 1 aliphatic carbocycles. The fourth-order valence-electron chi connectivity index (χ4n) is 2.94. The molecule has 4 N–H and O–H groups in total. The van der Waals surface area contributed by atoms with Crippen molar-refractivity contribution >= 4 is 40.6 Å². The van der Waals surface area contributed by atoms with E-state index in [0.29, 0.717) is 22.3 Å². The van der Waals surface area contributed by atoms with Gasteiger partial charge in [-0.2, -0.15) is 0 Å². The highest BCUT2D eigenvalue weighted by atomic mass is 35.5. The van der Waals surface area contributed by atoms with Gasteiger partial charge < -0.3 is 16.4 Å². The monoisotopic (exact) mass is 411 g/mol. The molecule has 1 aliphatic rings. The third-order valence-electron chi connectivity index (χ3n) is 4.75. The number of benzene rings is 1. The van der Waals surface area contributed by atoms with E-state index in [1.54, 1.807) is 6.07 Å². The molecule has 8 heteroatoms. The van der Waals surface area contributed by atoms with Gasteiger partial charge in [0.1, 0.15) is 5.82 Å². The summed E-state index contributed by atoms with van der Waals surface area (Å²) in [7, 11) is 0. The largest absolute Gasteiger partial charge is 0.345 e. The Morgan fingerprint density at radius 3 is 2.59 bits per heavy atom. The maximum Gasteiger partial charge on any atom is 0.262 e. The highest BCUT2D eigenvalue weighted by Crippen LogP contribution is 2.39. The first-order valence-electron chi connectivity index (χ1n) is 8.52. The van der Waals surface area contributed by atoms with Gasteiger partial charge in [-0.15, -0.1) is 23.7 Å². The van der Waals surface area contributed by atoms with Crippen LogP contribution in [0.1, 0.15) is 45.4 Å². The molecule has 1 heterocycles. The summed E-state index contributed by atoms with van der Waals surface area (Å²) in [6.07, 6.45) is 2.15. The van der Waals surface area contributed by atoms with Gasteiger partial charge in [-0.05, 0) is 62.4 Å². The van der Waals surface area contributed by atoms with Gasteiger partial charge in [-0.1, -0.05) is 6.07 Å². The maximum absolute atomic E-state index is 13.3. The second-order valence-electron chi connectivity index (χ2n) is 6.94. The number of hydrogen-bond acceptors (Lipinski definition) is 4. The van der Waals surface area contributed by atoms with E-state index in [1.807, 2.05) is 13.8 Å². The molecule has 5 nitrogen and oxygen atoms in total. The smallest absolute Gasteiger partial charge is 0.262 e. The normalized spacial score (nSPS) is 15.4. The molecule has 0 aliphatic heterocycles. The molecule has 1 atom stereocenters. The first-order chi connectivity index (χ1) is 12.3. The first kappa shape index (κ1) is 21.3. The van der Waals surface area contributed by atoms with Crippen LogP contribution in [0.15, 0.2) is 30.3 Å². The lowest BCUT2D eigenvalue weighted by Gasteiger charge is -2.29. The number of rotatable bonds is 6. The SMILES string of the molecule is Cc1cc(NC(=O)c2cccc(F)c2)sc1C(=O)NC(C)(CN)C1CC1.Cl. The fourth-order valence-corrected chi connectivity index (χ4v) is 3.90. The summed E-state index contributed by atoms with van der Waals surface area (Å²) in [4.78, 5) is 25.5. The molecule has 2 aromatic rings. The van der Waals surface area contributed by atoms with Crippen molar-refractivity contribution in [3.63, 3.8) is 0 Å². The second-order valence-corrected chi connectivity index (χ2v) is 7.99. The Hall–Kier alpha value is -1.96. The number of aryl methyl sites for hydroxylation is 1. The number of halogens is 2. The predicted octanol–water partition coefficient (Wildman–Crippen LogP) is 3.73. The van der Waals surface area contributed by atoms with E-state index in [-0.39, 0.29) is 23.9 Å². The molecule has 0 radical (unpaired) electrons. The van der Waals surface area contributed by atoms with Crippen molar-refractivity contribution in [3.05, 3.63) is 52.2 Å². The zero-order valence-electron chi connectivity index (χ0n) is 15.2. The molecule has 1 aromatic heterocycles. The van der Waals surface area contributed by atoms with Crippen LogP contribution in [0.3, 0.4) is 0 Å². The van der Waals surface area contributed by atoms with Crippen molar-refractivity contribution in [2.45, 2.75) is 32.2 Å². The van der Waals surface area contributed by atoms with E-state index in [1.165, 1.54) is 35.6 Å². The van der Waals surface area contributed by atoms with E-state index >= 15 is 0 Å². The number of anilines is 1. The molecule has 2 amide bonds. The van der Waals surface area contributed by atoms with Crippen molar-refractivity contribution in [1.29, 1.82) is 0 Å². The Bertz CT molecular complexity index is 853. The van der Waals surface area contributed by atoms with Crippen LogP contribution < -0.4 is 16.4 Å². The zero-order chi connectivity index (χ0) is 18.9. The standard InChI is InChI=1S/C19H22FN3O2S.ClH/c1-11-8-15(22-17(24)12-4-3-5-14(20)9-12)26-16(11)18(25)23-19(2,10-21)13-6-7-13;/h3-5,8-9,13H,6-7,10,21H2,1-2H3,(H,22,24)(H,23,25);1H. The van der Waals surface area contributed by atoms with Crippen LogP contribution in [0, 0.1) is 18.7 Å². The molecule has 0 saturated heterocycles. The third kappa shape index (κ3) is 4.86. The second kappa shape index (κ2) is 8.37. The van der Waals surface area contributed by atoms with Crippen LogP contribution in [0.2, 0.25) is 0 Å². The summed E-state index contributed by atoms with van der Waals surface area (Å²) in [6, 6.07) is 7.21. The quantitative estimate of drug-likeness (QED) is 0.677. The number of carbonyl (C=O) groups excluding carboxylic acids is 2. The Morgan fingerprint density at radius 2 is 2.00 bits per heavy atom. The lowest BCUT2D eigenvalue weighted by Crippen LogP contribution is -2.53. The van der Waals surface area contributed by atoms with E-state index in [2.05, 4.69) is 10.6 Å². The number of carbonyl (C=O) groups is 2. The van der Waals surface area contributed by atoms with Gasteiger partial charge in [0.25, 0.3) is 11.8 Å². The van der Waals surface area contributed by atoms with Crippen molar-refractivity contribution < 1.29 is 14.0 Å². The van der Waals surface area contributed by atoms with Gasteiger partial charge in [0.05, 0.1) is 15.4 Å². The molecular formula is C19H23ClFN3O2S. The van der Waals surface area contributed by atoms with Crippen LogP contribution >= 0.6 is 23.7 Å². The minimum atomic E-state index is -0.471. The first-order valence-corrected chi connectivity index (χ1v) is 9.34. The van der Waals surface area contributed by atoms with Crippen molar-refractivity contribution in [2.75, 3.05) is 11.9 Å². The summed E-state index contributed by atoms with van der Waals surface area (Å²) < 4.78 is 13.3. The zero-order valence-corrected chi connectivity index (χ0v) is 16.8. The molecule has 0 spiro atoms. The molecule has 1 fully saturated rings. The Morgan fingerprint density at radius 1 is 1.30 bits per heavy atom. The minimum Gasteiger partial charge on any atom is -0.345 e. The van der Waals surface area contributed by atoms with Crippen LogP contribution in [0.5, 0.6) is 0 Å². The minimum absolute atomic E-state index is 0. The maximum atomic E-state index is 13.3. The molecule has 27 heavy (non-hydrogen) atoms. The number of nitrogens with two attached hydrogens (primary N) is 1. The van der Waals surface area contributed by atoms with Crippen molar-refractivity contribution in [2.24, 2.45) is 11.7 Å². The Kier molecular flexibility index (Phi) is 6.62. The highest BCUT2D eigenvalue weighted by molar-refractivity contribution is 7.18. The summed E-state index contributed by atoms with van der Waals surface area (Å²) in [6.45, 7) is 4.18. The third-order valence-corrected chi connectivity index (χ3v) is 5.90. The lowest BCUT2D eigenvalue weighted by atomic mass is 9.96. The fraction of sp³-hybridized carbons (Fsp3) is 0.368. The Labute approximate surface area is 167 Å². The van der Waals surface area contributed by atoms with E-state index in [0.717, 1.165) is 18.4 Å². The van der Waals surface area contributed by atoms with Crippen molar-refractivity contribution in [3.8, 4) is 0 Å². The topological polar surface area (TPSA) is 84.2 Å². The van der Waals surface area contributed by atoms with Gasteiger partial charge in [0.15, 0.2) is 0 Å². The summed E-state index contributed by atoms with van der Waals surface area (Å²) in [5.41, 5.74) is 6.46. The van der Waals surface area contributed by atoms with E-state index < -0.39 is 17.3 Å². The number of hydrogen-bond donors (Lipinski definition) is 3. The van der Waals surface area contributed by atoms with Gasteiger partial charge in [-0.25, -0.2) is 4.39 Å². The van der Waals surface area contributed by atoms with Crippen molar-refractivity contribution in [1.82, 2.24) is 5.32 Å². The highest BCUT2D eigenvalue weighted by Gasteiger charge is 2.42. The van der Waals surface area contributed by atoms with E-state index in [4.69, 9.17) is 5.73 Å². The number of amides is 2. The molecule has 1 unspecified atom stereocenters. The molecule has 1 aromatic carbocycles. The molecule has 1 saturated carbocycles. The summed E-state index contributed by atoms with van der Waals surface area (Å²) in [5, 5.41) is 6.32. The average Bonchev–Trinajstić information content (AvgIpc) is 3.39. The van der Waals surface area contributed by atoms with Gasteiger partial charge >= 0.3 is 0 Å². The molecule has 0 bridgehead atoms. The van der Waals surface area contributed by atoms with Gasteiger partial charge in [0, 0.05) is 12.1 Å². The lowest BCUT2D eigenvalue weighted by molar-refractivity contribution is 0.0901. The Balaban J connectivity index is 0.00000261. The van der Waals surface area contributed by atoms with Crippen LogP contribution in [0.4, 0.5) is 9.39 Å². The molecule has 3 rings (SSSR count). The summed E-state index contributed by atoms with van der Waals surface area (Å²) >= 11 is 1.20. The van der Waals surface area contributed by atoms with E-state index in [9.17, 15) is 14.0 Å². The van der Waals surface area contributed by atoms with Gasteiger partial charge in [0.2, 0.25) is 0 Å². The van der Waals surface area contributed by atoms with Crippen LogP contribution in [0.25, 0.3) is 0 Å². The molecular weight excluding hydrogens is 389 g/mol. The van der Waals surface area contributed by atoms with Crippen LogP contribution in [-0.2, 0) is 0 Å². The average molecular weight is 412 g/mol. The molecule has 146 valence electrons. The van der Waals surface area contributed by atoms with Gasteiger partial charge in [-0.3, -0.25) is 9.59 Å².